The van der Waals surface area contributed by atoms with Crippen LogP contribution >= 0.6 is 0 Å². The third-order valence-electron chi connectivity index (χ3n) is 6.16. The molecule has 0 radical (unpaired) electrons. The summed E-state index contributed by atoms with van der Waals surface area (Å²) >= 11 is 0. The summed E-state index contributed by atoms with van der Waals surface area (Å²) in [5, 5.41) is 0. The Morgan fingerprint density at radius 1 is 1.33 bits per heavy atom. The molecule has 5 heteroatoms. The smallest absolute Gasteiger partial charge is 0.308 e. The summed E-state index contributed by atoms with van der Waals surface area (Å²) in [4.78, 5) is 16.6. The molecule has 2 aromatic rings. The quantitative estimate of drug-likeness (QED) is 0.592. The third kappa shape index (κ3) is 4.20. The van der Waals surface area contributed by atoms with E-state index < -0.39 is 0 Å². The van der Waals surface area contributed by atoms with Gasteiger partial charge in [-0.2, -0.15) is 0 Å². The van der Waals surface area contributed by atoms with E-state index in [9.17, 15) is 4.79 Å². The maximum absolute atomic E-state index is 11.9. The fraction of sp³-hybridized carbons (Fsp3) is 0.440. The van der Waals surface area contributed by atoms with Crippen molar-refractivity contribution in [2.45, 2.75) is 51.9 Å². The second-order valence-corrected chi connectivity index (χ2v) is 8.08. The molecular formula is C25H29NO4. The molecule has 0 saturated carbocycles. The highest BCUT2D eigenvalue weighted by molar-refractivity contribution is 5.73. The molecule has 1 aromatic heterocycles. The zero-order valence-corrected chi connectivity index (χ0v) is 17.9. The Balaban J connectivity index is 1.37. The van der Waals surface area contributed by atoms with Crippen LogP contribution in [0.25, 0.3) is 5.57 Å². The molecule has 0 N–H and O–H groups in total. The van der Waals surface area contributed by atoms with Gasteiger partial charge in [-0.15, -0.1) is 0 Å². The van der Waals surface area contributed by atoms with Gasteiger partial charge in [0.15, 0.2) is 0 Å². The third-order valence-corrected chi connectivity index (χ3v) is 6.16. The number of esters is 1. The van der Waals surface area contributed by atoms with Crippen LogP contribution in [0.4, 0.5) is 0 Å². The highest BCUT2D eigenvalue weighted by Gasteiger charge is 2.32. The zero-order chi connectivity index (χ0) is 21.1. The molecule has 0 amide bonds. The van der Waals surface area contributed by atoms with Gasteiger partial charge in [-0.25, -0.2) is 4.98 Å². The fourth-order valence-corrected chi connectivity index (χ4v) is 4.41. The molecule has 0 saturated heterocycles. The molecule has 0 bridgehead atoms. The topological polar surface area (TPSA) is 61.6 Å². The number of nitrogens with zero attached hydrogens (tertiary/aromatic N) is 1. The number of ether oxygens (including phenoxy) is 2. The molecule has 1 aromatic carbocycles. The molecule has 2 aliphatic carbocycles. The minimum Gasteiger partial charge on any atom is -0.493 e. The lowest BCUT2D eigenvalue weighted by atomic mass is 9.89. The molecule has 2 aliphatic rings. The Hall–Kier alpha value is -2.82. The van der Waals surface area contributed by atoms with E-state index in [-0.39, 0.29) is 17.8 Å². The molecule has 2 atom stereocenters. The first-order chi connectivity index (χ1) is 14.6. The normalized spacial score (nSPS) is 18.6. The predicted molar refractivity (Wildman–Crippen MR) is 115 cm³/mol. The molecule has 0 spiro atoms. The van der Waals surface area contributed by atoms with Crippen molar-refractivity contribution in [2.75, 3.05) is 13.7 Å². The van der Waals surface area contributed by atoms with E-state index in [0.717, 1.165) is 48.5 Å². The SMILES string of the molecule is COC(=O)C(C)C1CCc2cc(OCCc3nc(C4=CCCC=C4)oc3C)ccc21. The number of hydrogen-bond donors (Lipinski definition) is 0. The number of benzene rings is 1. The van der Waals surface area contributed by atoms with Crippen molar-refractivity contribution in [2.24, 2.45) is 5.92 Å². The number of fused-ring (bicyclic) bond motifs is 1. The number of oxazole rings is 1. The average Bonchev–Trinajstić information content (AvgIpc) is 3.36. The van der Waals surface area contributed by atoms with Gasteiger partial charge in [-0.3, -0.25) is 4.79 Å². The summed E-state index contributed by atoms with van der Waals surface area (Å²) in [5.41, 5.74) is 4.51. The standard InChI is InChI=1S/C25H29NO4/c1-16(25(27)28-3)21-11-9-19-15-20(10-12-22(19)21)29-14-13-23-17(2)30-24(26-23)18-7-5-4-6-8-18/h5,7-8,10,12,15-16,21H,4,6,9,11,13-14H2,1-3H3. The zero-order valence-electron chi connectivity index (χ0n) is 17.9. The van der Waals surface area contributed by atoms with Crippen molar-refractivity contribution in [3.05, 3.63) is 64.9 Å². The second-order valence-electron chi connectivity index (χ2n) is 8.08. The summed E-state index contributed by atoms with van der Waals surface area (Å²) in [7, 11) is 1.45. The van der Waals surface area contributed by atoms with E-state index in [1.54, 1.807) is 0 Å². The van der Waals surface area contributed by atoms with E-state index in [1.807, 2.05) is 19.9 Å². The van der Waals surface area contributed by atoms with E-state index >= 15 is 0 Å². The lowest BCUT2D eigenvalue weighted by Gasteiger charge is -2.18. The van der Waals surface area contributed by atoms with Crippen LogP contribution in [0, 0.1) is 12.8 Å². The summed E-state index contributed by atoms with van der Waals surface area (Å²) in [5.74, 6) is 2.36. The summed E-state index contributed by atoms with van der Waals surface area (Å²) < 4.78 is 16.8. The maximum Gasteiger partial charge on any atom is 0.308 e. The van der Waals surface area contributed by atoms with Gasteiger partial charge >= 0.3 is 5.97 Å². The molecule has 158 valence electrons. The van der Waals surface area contributed by atoms with Crippen LogP contribution in [0.1, 0.15) is 60.6 Å². The Labute approximate surface area is 177 Å². The molecule has 5 nitrogen and oxygen atoms in total. The minimum absolute atomic E-state index is 0.124. The van der Waals surface area contributed by atoms with Gasteiger partial charge in [0.2, 0.25) is 5.89 Å². The highest BCUT2D eigenvalue weighted by Crippen LogP contribution is 2.40. The van der Waals surface area contributed by atoms with Crippen LogP contribution < -0.4 is 4.74 Å². The monoisotopic (exact) mass is 407 g/mol. The number of carbonyl (C=O) groups is 1. The van der Waals surface area contributed by atoms with Gasteiger partial charge in [0, 0.05) is 12.0 Å². The average molecular weight is 408 g/mol. The van der Waals surface area contributed by atoms with Gasteiger partial charge in [0.05, 0.1) is 25.3 Å². The number of carbonyl (C=O) groups excluding carboxylic acids is 1. The van der Waals surface area contributed by atoms with E-state index in [0.29, 0.717) is 18.9 Å². The van der Waals surface area contributed by atoms with Gasteiger partial charge in [-0.05, 0) is 61.8 Å². The van der Waals surface area contributed by atoms with Crippen molar-refractivity contribution in [1.29, 1.82) is 0 Å². The summed E-state index contributed by atoms with van der Waals surface area (Å²) in [6.45, 7) is 4.45. The predicted octanol–water partition coefficient (Wildman–Crippen LogP) is 5.18. The highest BCUT2D eigenvalue weighted by atomic mass is 16.5. The van der Waals surface area contributed by atoms with Gasteiger partial charge in [0.25, 0.3) is 0 Å². The van der Waals surface area contributed by atoms with E-state index in [4.69, 9.17) is 13.9 Å². The van der Waals surface area contributed by atoms with Crippen molar-refractivity contribution in [3.63, 3.8) is 0 Å². The fourth-order valence-electron chi connectivity index (χ4n) is 4.41. The first kappa shape index (κ1) is 20.5. The van der Waals surface area contributed by atoms with E-state index in [1.165, 1.54) is 18.2 Å². The lowest BCUT2D eigenvalue weighted by molar-refractivity contribution is -0.145. The first-order valence-corrected chi connectivity index (χ1v) is 10.7. The van der Waals surface area contributed by atoms with E-state index in [2.05, 4.69) is 35.3 Å². The molecular weight excluding hydrogens is 378 g/mol. The molecule has 2 unspecified atom stereocenters. The van der Waals surface area contributed by atoms with Gasteiger partial charge in [-0.1, -0.05) is 31.2 Å². The molecule has 30 heavy (non-hydrogen) atoms. The number of aryl methyl sites for hydroxylation is 2. The number of hydrogen-bond acceptors (Lipinski definition) is 5. The Bertz CT molecular complexity index is 985. The Kier molecular flexibility index (Phi) is 6.07. The van der Waals surface area contributed by atoms with Crippen LogP contribution in [0.5, 0.6) is 5.75 Å². The van der Waals surface area contributed by atoms with Crippen LogP contribution in [0.3, 0.4) is 0 Å². The number of rotatable bonds is 7. The van der Waals surface area contributed by atoms with Crippen LogP contribution in [-0.4, -0.2) is 24.7 Å². The Morgan fingerprint density at radius 2 is 2.20 bits per heavy atom. The summed E-state index contributed by atoms with van der Waals surface area (Å²) in [6, 6.07) is 6.21. The number of allylic oxidation sites excluding steroid dienone is 4. The van der Waals surface area contributed by atoms with Gasteiger partial charge in [0.1, 0.15) is 11.5 Å². The van der Waals surface area contributed by atoms with Crippen LogP contribution in [-0.2, 0) is 22.4 Å². The number of methoxy groups -OCH3 is 1. The van der Waals surface area contributed by atoms with Crippen LogP contribution in [0.2, 0.25) is 0 Å². The first-order valence-electron chi connectivity index (χ1n) is 10.7. The Morgan fingerprint density at radius 3 is 2.97 bits per heavy atom. The van der Waals surface area contributed by atoms with Gasteiger partial charge < -0.3 is 13.9 Å². The molecule has 0 fully saturated rings. The molecule has 1 heterocycles. The van der Waals surface area contributed by atoms with Crippen molar-refractivity contribution in [3.8, 4) is 5.75 Å². The second kappa shape index (κ2) is 8.90. The lowest BCUT2D eigenvalue weighted by Crippen LogP contribution is -2.19. The summed E-state index contributed by atoms with van der Waals surface area (Å²) in [6.07, 6.45) is 11.1. The van der Waals surface area contributed by atoms with Crippen molar-refractivity contribution in [1.82, 2.24) is 4.98 Å². The van der Waals surface area contributed by atoms with Crippen molar-refractivity contribution >= 4 is 11.5 Å². The van der Waals surface area contributed by atoms with Crippen molar-refractivity contribution < 1.29 is 18.7 Å². The molecule has 4 rings (SSSR count). The van der Waals surface area contributed by atoms with Crippen LogP contribution in [0.15, 0.2) is 40.8 Å². The minimum atomic E-state index is -0.144. The largest absolute Gasteiger partial charge is 0.493 e. The number of aromatic nitrogens is 1. The maximum atomic E-state index is 11.9. The molecule has 0 aliphatic heterocycles.